The molecule has 2 heterocycles. The van der Waals surface area contributed by atoms with Crippen molar-refractivity contribution < 1.29 is 14.1 Å². The van der Waals surface area contributed by atoms with E-state index in [4.69, 9.17) is 27.7 Å². The van der Waals surface area contributed by atoms with Gasteiger partial charge >= 0.3 is 0 Å². The van der Waals surface area contributed by atoms with Crippen LogP contribution in [0.2, 0.25) is 10.0 Å². The zero-order valence-electron chi connectivity index (χ0n) is 17.8. The molecule has 0 unspecified atom stereocenters. The lowest BCUT2D eigenvalue weighted by atomic mass is 10.2. The number of amides is 2. The van der Waals surface area contributed by atoms with E-state index in [0.29, 0.717) is 60.0 Å². The van der Waals surface area contributed by atoms with Gasteiger partial charge in [0.1, 0.15) is 0 Å². The van der Waals surface area contributed by atoms with Crippen molar-refractivity contribution >= 4 is 35.0 Å². The van der Waals surface area contributed by atoms with Crippen molar-refractivity contribution in [3.05, 3.63) is 70.0 Å². The average Bonchev–Trinajstić information content (AvgIpc) is 3.28. The number of nitrogens with zero attached hydrogens (tertiary/aromatic N) is 4. The monoisotopic (exact) mass is 487 g/mol. The Bertz CT molecular complexity index is 1090. The third-order valence-corrected chi connectivity index (χ3v) is 5.89. The van der Waals surface area contributed by atoms with Crippen LogP contribution < -0.4 is 5.32 Å². The fraction of sp³-hybridized carbons (Fsp3) is 0.304. The largest absolute Gasteiger partial charge is 0.352 e. The van der Waals surface area contributed by atoms with Crippen molar-refractivity contribution in [3.63, 3.8) is 0 Å². The normalized spacial score (nSPS) is 14.3. The van der Waals surface area contributed by atoms with Gasteiger partial charge in [0.25, 0.3) is 5.91 Å². The lowest BCUT2D eigenvalue weighted by Gasteiger charge is -2.34. The van der Waals surface area contributed by atoms with Crippen LogP contribution >= 0.6 is 23.2 Å². The number of rotatable bonds is 7. The van der Waals surface area contributed by atoms with Crippen LogP contribution in [0.3, 0.4) is 0 Å². The molecule has 3 aromatic rings. The summed E-state index contributed by atoms with van der Waals surface area (Å²) in [4.78, 5) is 33.1. The summed E-state index contributed by atoms with van der Waals surface area (Å²) in [5.41, 5.74) is 1.36. The summed E-state index contributed by atoms with van der Waals surface area (Å²) < 4.78 is 5.38. The Morgan fingerprint density at radius 3 is 2.24 bits per heavy atom. The summed E-state index contributed by atoms with van der Waals surface area (Å²) in [6.45, 7) is 3.46. The fourth-order valence-corrected chi connectivity index (χ4v) is 3.78. The first-order valence-electron chi connectivity index (χ1n) is 10.6. The van der Waals surface area contributed by atoms with Crippen molar-refractivity contribution in [2.75, 3.05) is 32.7 Å². The summed E-state index contributed by atoms with van der Waals surface area (Å²) in [6.07, 6.45) is 0.257. The summed E-state index contributed by atoms with van der Waals surface area (Å²) >= 11 is 11.8. The molecule has 1 aromatic heterocycles. The van der Waals surface area contributed by atoms with Gasteiger partial charge in [-0.1, -0.05) is 28.4 Å². The molecular formula is C23H23Cl2N5O3. The van der Waals surface area contributed by atoms with E-state index in [1.807, 2.05) is 17.0 Å². The number of nitrogens with one attached hydrogen (secondary N) is 1. The molecule has 1 fully saturated rings. The quantitative estimate of drug-likeness (QED) is 0.548. The van der Waals surface area contributed by atoms with Crippen LogP contribution in [0.5, 0.6) is 0 Å². The van der Waals surface area contributed by atoms with Crippen LogP contribution in [0.1, 0.15) is 22.7 Å². The highest BCUT2D eigenvalue weighted by Gasteiger charge is 2.22. The highest BCUT2D eigenvalue weighted by atomic mass is 35.5. The van der Waals surface area contributed by atoms with Gasteiger partial charge in [0.15, 0.2) is 0 Å². The third kappa shape index (κ3) is 6.31. The summed E-state index contributed by atoms with van der Waals surface area (Å²) in [5.74, 6) is 0.858. The van der Waals surface area contributed by atoms with Gasteiger partial charge < -0.3 is 14.7 Å². The number of carbonyl (C=O) groups excluding carboxylic acids is 2. The summed E-state index contributed by atoms with van der Waals surface area (Å²) in [6, 6.07) is 13.9. The number of aromatic nitrogens is 2. The maximum absolute atomic E-state index is 12.5. The molecule has 1 saturated heterocycles. The summed E-state index contributed by atoms with van der Waals surface area (Å²) in [5, 5.41) is 8.03. The zero-order chi connectivity index (χ0) is 23.2. The van der Waals surface area contributed by atoms with Gasteiger partial charge in [-0.25, -0.2) is 0 Å². The molecule has 172 valence electrons. The van der Waals surface area contributed by atoms with Gasteiger partial charge in [-0.2, -0.15) is 4.98 Å². The third-order valence-electron chi connectivity index (χ3n) is 5.39. The Balaban J connectivity index is 1.19. The minimum Gasteiger partial charge on any atom is -0.352 e. The molecule has 2 amide bonds. The molecule has 0 spiro atoms. The Morgan fingerprint density at radius 2 is 1.58 bits per heavy atom. The predicted molar refractivity (Wildman–Crippen MR) is 125 cm³/mol. The Morgan fingerprint density at radius 1 is 0.939 bits per heavy atom. The van der Waals surface area contributed by atoms with Crippen LogP contribution in [0.4, 0.5) is 0 Å². The molecule has 0 atom stereocenters. The van der Waals surface area contributed by atoms with E-state index < -0.39 is 0 Å². The van der Waals surface area contributed by atoms with Gasteiger partial charge in [-0.15, -0.1) is 0 Å². The first-order valence-corrected chi connectivity index (χ1v) is 11.4. The Labute approximate surface area is 201 Å². The molecule has 33 heavy (non-hydrogen) atoms. The smallest absolute Gasteiger partial charge is 0.251 e. The molecule has 0 aliphatic carbocycles. The molecule has 2 aromatic carbocycles. The lowest BCUT2D eigenvalue weighted by molar-refractivity contribution is -0.132. The SMILES string of the molecule is O=C(NCCC(=O)N1CCN(Cc2nc(-c3ccc(Cl)cc3)no2)CC1)c1ccc(Cl)cc1. The second-order valence-corrected chi connectivity index (χ2v) is 8.56. The summed E-state index contributed by atoms with van der Waals surface area (Å²) in [7, 11) is 0. The Kier molecular flexibility index (Phi) is 7.59. The molecule has 10 heteroatoms. The van der Waals surface area contributed by atoms with E-state index in [9.17, 15) is 9.59 Å². The molecule has 1 aliphatic heterocycles. The molecule has 1 N–H and O–H groups in total. The highest BCUT2D eigenvalue weighted by Crippen LogP contribution is 2.19. The number of hydrogen-bond acceptors (Lipinski definition) is 6. The second-order valence-electron chi connectivity index (χ2n) is 7.69. The number of hydrogen-bond donors (Lipinski definition) is 1. The first-order chi connectivity index (χ1) is 16.0. The van der Waals surface area contributed by atoms with Gasteiger partial charge in [0, 0.05) is 60.3 Å². The number of carbonyl (C=O) groups is 2. The van der Waals surface area contributed by atoms with Crippen molar-refractivity contribution in [1.29, 1.82) is 0 Å². The van der Waals surface area contributed by atoms with E-state index in [2.05, 4.69) is 20.4 Å². The fourth-order valence-electron chi connectivity index (χ4n) is 3.53. The molecule has 1 aliphatic rings. The van der Waals surface area contributed by atoms with Gasteiger partial charge in [-0.05, 0) is 48.5 Å². The first kappa shape index (κ1) is 23.2. The predicted octanol–water partition coefficient (Wildman–Crippen LogP) is 3.51. The molecule has 0 saturated carbocycles. The van der Waals surface area contributed by atoms with Crippen molar-refractivity contribution in [2.24, 2.45) is 0 Å². The number of halogens is 2. The van der Waals surface area contributed by atoms with Crippen molar-refractivity contribution in [3.8, 4) is 11.4 Å². The maximum atomic E-state index is 12.5. The number of benzene rings is 2. The van der Waals surface area contributed by atoms with Crippen LogP contribution in [-0.2, 0) is 11.3 Å². The zero-order valence-corrected chi connectivity index (χ0v) is 19.3. The van der Waals surface area contributed by atoms with Gasteiger partial charge in [0.05, 0.1) is 6.54 Å². The molecule has 0 radical (unpaired) electrons. The van der Waals surface area contributed by atoms with Gasteiger partial charge in [-0.3, -0.25) is 14.5 Å². The molecule has 4 rings (SSSR count). The standard InChI is InChI=1S/C23H23Cl2N5O3/c24-18-5-1-16(2-6-18)22-27-20(33-28-22)15-29-11-13-30(14-12-29)21(31)9-10-26-23(32)17-3-7-19(25)8-4-17/h1-8H,9-15H2,(H,26,32). The minimum absolute atomic E-state index is 0.0221. The van der Waals surface area contributed by atoms with E-state index >= 15 is 0 Å². The van der Waals surface area contributed by atoms with Crippen LogP contribution in [0, 0.1) is 0 Å². The highest BCUT2D eigenvalue weighted by molar-refractivity contribution is 6.30. The van der Waals surface area contributed by atoms with E-state index in [-0.39, 0.29) is 24.8 Å². The van der Waals surface area contributed by atoms with E-state index in [1.165, 1.54) is 0 Å². The van der Waals surface area contributed by atoms with E-state index in [1.54, 1.807) is 36.4 Å². The maximum Gasteiger partial charge on any atom is 0.251 e. The van der Waals surface area contributed by atoms with Crippen molar-refractivity contribution in [1.82, 2.24) is 25.3 Å². The lowest BCUT2D eigenvalue weighted by Crippen LogP contribution is -2.48. The molecule has 0 bridgehead atoms. The number of piperazine rings is 1. The van der Waals surface area contributed by atoms with Crippen LogP contribution in [0.15, 0.2) is 53.1 Å². The molecular weight excluding hydrogens is 465 g/mol. The molecule has 8 nitrogen and oxygen atoms in total. The topological polar surface area (TPSA) is 91.6 Å². The van der Waals surface area contributed by atoms with Crippen LogP contribution in [-0.4, -0.2) is 64.5 Å². The Hall–Kier alpha value is -2.94. The van der Waals surface area contributed by atoms with Crippen molar-refractivity contribution in [2.45, 2.75) is 13.0 Å². The van der Waals surface area contributed by atoms with E-state index in [0.717, 1.165) is 5.56 Å². The van der Waals surface area contributed by atoms with Gasteiger partial charge in [0.2, 0.25) is 17.6 Å². The minimum atomic E-state index is -0.221. The van der Waals surface area contributed by atoms with Crippen LogP contribution in [0.25, 0.3) is 11.4 Å². The average molecular weight is 488 g/mol. The second kappa shape index (κ2) is 10.8.